The molecular weight excluding hydrogens is 489 g/mol. The molecule has 37 heavy (non-hydrogen) atoms. The highest BCUT2D eigenvalue weighted by molar-refractivity contribution is 7.59. The summed E-state index contributed by atoms with van der Waals surface area (Å²) in [4.78, 5) is 26.1. The average molecular weight is 532 g/mol. The average Bonchev–Trinajstić information content (AvgIpc) is 2.77. The maximum absolute atomic E-state index is 14.6. The number of carbonyl (C=O) groups is 2. The van der Waals surface area contributed by atoms with E-state index in [1.54, 1.807) is 48.5 Å². The van der Waals surface area contributed by atoms with Crippen LogP contribution in [0.4, 0.5) is 4.79 Å². The van der Waals surface area contributed by atoms with Crippen LogP contribution in [-0.2, 0) is 36.2 Å². The van der Waals surface area contributed by atoms with Crippen molar-refractivity contribution >= 4 is 19.4 Å². The summed E-state index contributed by atoms with van der Waals surface area (Å²) in [6, 6.07) is 19.0. The Bertz CT molecular complexity index is 1040. The molecule has 0 saturated carbocycles. The molecule has 1 amide bonds. The van der Waals surface area contributed by atoms with Crippen LogP contribution in [0, 0.1) is 5.92 Å². The van der Waals surface area contributed by atoms with E-state index < -0.39 is 42.3 Å². The summed E-state index contributed by atoms with van der Waals surface area (Å²) in [7, 11) is -3.64. The minimum atomic E-state index is -3.64. The van der Waals surface area contributed by atoms with Crippen molar-refractivity contribution in [3.63, 3.8) is 0 Å². The van der Waals surface area contributed by atoms with Crippen molar-refractivity contribution in [3.05, 3.63) is 71.8 Å². The number of benzene rings is 2. The third-order valence-electron chi connectivity index (χ3n) is 5.32. The maximum Gasteiger partial charge on any atom is 0.408 e. The van der Waals surface area contributed by atoms with E-state index in [0.29, 0.717) is 6.42 Å². The van der Waals surface area contributed by atoms with Gasteiger partial charge in [0, 0.05) is 12.6 Å². The van der Waals surface area contributed by atoms with Gasteiger partial charge in [-0.1, -0.05) is 60.7 Å². The molecule has 2 aromatic carbocycles. The number of hydrogen-bond acceptors (Lipinski definition) is 6. The number of esters is 1. The van der Waals surface area contributed by atoms with E-state index in [1.807, 2.05) is 60.7 Å². The van der Waals surface area contributed by atoms with Crippen molar-refractivity contribution in [3.8, 4) is 0 Å². The molecule has 7 nitrogen and oxygen atoms in total. The summed E-state index contributed by atoms with van der Waals surface area (Å²) in [6.07, 6.45) is -0.191. The Morgan fingerprint density at radius 1 is 0.811 bits per heavy atom. The van der Waals surface area contributed by atoms with E-state index in [-0.39, 0.29) is 19.2 Å². The van der Waals surface area contributed by atoms with Gasteiger partial charge >= 0.3 is 12.1 Å². The van der Waals surface area contributed by atoms with Gasteiger partial charge in [-0.2, -0.15) is 0 Å². The van der Waals surface area contributed by atoms with Crippen LogP contribution >= 0.6 is 7.37 Å². The lowest BCUT2D eigenvalue weighted by Gasteiger charge is -2.32. The minimum Gasteiger partial charge on any atom is -0.460 e. The molecule has 1 unspecified atom stereocenters. The Morgan fingerprint density at radius 2 is 1.30 bits per heavy atom. The largest absolute Gasteiger partial charge is 0.460 e. The molecule has 0 aliphatic heterocycles. The van der Waals surface area contributed by atoms with Crippen LogP contribution in [0.15, 0.2) is 60.7 Å². The van der Waals surface area contributed by atoms with E-state index in [9.17, 15) is 14.2 Å². The van der Waals surface area contributed by atoms with Gasteiger partial charge in [0.15, 0.2) is 0 Å². The smallest absolute Gasteiger partial charge is 0.408 e. The molecule has 0 saturated heterocycles. The minimum absolute atomic E-state index is 0.0854. The molecular formula is C29H42NO6P. The summed E-state index contributed by atoms with van der Waals surface area (Å²) in [5, 5.41) is 2.80. The van der Waals surface area contributed by atoms with E-state index in [2.05, 4.69) is 5.32 Å². The van der Waals surface area contributed by atoms with Gasteiger partial charge in [0.05, 0.1) is 12.5 Å². The third-order valence-corrected chi connectivity index (χ3v) is 8.22. The molecule has 2 aromatic rings. The molecule has 0 aliphatic rings. The van der Waals surface area contributed by atoms with Crippen molar-refractivity contribution in [1.82, 2.24) is 5.32 Å². The van der Waals surface area contributed by atoms with Crippen LogP contribution in [0.1, 0.15) is 59.6 Å². The fourth-order valence-corrected chi connectivity index (χ4v) is 6.53. The van der Waals surface area contributed by atoms with Gasteiger partial charge in [-0.05, 0) is 66.0 Å². The number of rotatable bonds is 11. The molecule has 8 heteroatoms. The first-order valence-corrected chi connectivity index (χ1v) is 14.6. The highest BCUT2D eigenvalue weighted by Crippen LogP contribution is 2.54. The molecule has 0 bridgehead atoms. The SMILES string of the molecule is CCOP(=O)(C[C@@H](Cc1ccccc1)C(=O)OC(C)(C)C)[C@H](Cc1ccccc1)NC(=O)OC(C)(C)C. The fourth-order valence-electron chi connectivity index (χ4n) is 3.87. The van der Waals surface area contributed by atoms with Gasteiger partial charge in [-0.15, -0.1) is 0 Å². The van der Waals surface area contributed by atoms with Crippen molar-refractivity contribution in [2.45, 2.75) is 78.3 Å². The first kappa shape index (κ1) is 30.6. The maximum atomic E-state index is 14.6. The molecule has 0 spiro atoms. The molecule has 2 rings (SSSR count). The second-order valence-electron chi connectivity index (χ2n) is 11.1. The van der Waals surface area contributed by atoms with Crippen molar-refractivity contribution in [2.75, 3.05) is 12.8 Å². The van der Waals surface area contributed by atoms with Gasteiger partial charge < -0.3 is 19.3 Å². The van der Waals surface area contributed by atoms with Crippen LogP contribution in [0.5, 0.6) is 0 Å². The molecule has 0 heterocycles. The van der Waals surface area contributed by atoms with E-state index >= 15 is 0 Å². The van der Waals surface area contributed by atoms with E-state index in [1.165, 1.54) is 0 Å². The predicted octanol–water partition coefficient (Wildman–Crippen LogP) is 6.60. The van der Waals surface area contributed by atoms with Gasteiger partial charge in [0.25, 0.3) is 0 Å². The van der Waals surface area contributed by atoms with Crippen molar-refractivity contribution in [1.29, 1.82) is 0 Å². The van der Waals surface area contributed by atoms with Crippen LogP contribution < -0.4 is 5.32 Å². The standard InChI is InChI=1S/C29H42NO6P/c1-8-34-37(33,21-24(26(31)35-28(2,3)4)19-22-15-11-9-12-16-22)25(20-23-17-13-10-14-18-23)30-27(32)36-29(5,6)7/h9-18,24-25H,8,19-21H2,1-7H3,(H,30,32)/t24-,25-,37?/m1/s1. The van der Waals surface area contributed by atoms with Crippen molar-refractivity contribution < 1.29 is 28.2 Å². The second-order valence-corrected chi connectivity index (χ2v) is 13.8. The van der Waals surface area contributed by atoms with Gasteiger partial charge in [0.2, 0.25) is 7.37 Å². The predicted molar refractivity (Wildman–Crippen MR) is 147 cm³/mol. The summed E-state index contributed by atoms with van der Waals surface area (Å²) in [6.45, 7) is 12.6. The quantitative estimate of drug-likeness (QED) is 0.260. The van der Waals surface area contributed by atoms with Crippen LogP contribution in [-0.4, -0.2) is 41.8 Å². The van der Waals surface area contributed by atoms with Crippen LogP contribution in [0.25, 0.3) is 0 Å². The molecule has 204 valence electrons. The number of alkyl carbamates (subject to hydrolysis) is 1. The topological polar surface area (TPSA) is 90.9 Å². The fraction of sp³-hybridized carbons (Fsp3) is 0.517. The first-order valence-electron chi connectivity index (χ1n) is 12.7. The van der Waals surface area contributed by atoms with Crippen molar-refractivity contribution in [2.24, 2.45) is 5.92 Å². The zero-order valence-electron chi connectivity index (χ0n) is 23.2. The van der Waals surface area contributed by atoms with E-state index in [0.717, 1.165) is 11.1 Å². The zero-order valence-corrected chi connectivity index (χ0v) is 24.0. The Labute approximate surface area is 221 Å². The monoisotopic (exact) mass is 531 g/mol. The highest BCUT2D eigenvalue weighted by Gasteiger charge is 2.41. The summed E-state index contributed by atoms with van der Waals surface area (Å²) >= 11 is 0. The van der Waals surface area contributed by atoms with Crippen LogP contribution in [0.3, 0.4) is 0 Å². The van der Waals surface area contributed by atoms with Gasteiger partial charge in [0.1, 0.15) is 17.0 Å². The highest BCUT2D eigenvalue weighted by atomic mass is 31.2. The molecule has 3 atom stereocenters. The summed E-state index contributed by atoms with van der Waals surface area (Å²) in [5.74, 6) is -2.09. The summed E-state index contributed by atoms with van der Waals surface area (Å²) in [5.41, 5.74) is 0.352. The second kappa shape index (κ2) is 13.3. The molecule has 0 fully saturated rings. The Hall–Kier alpha value is -2.63. The van der Waals surface area contributed by atoms with Gasteiger partial charge in [-0.25, -0.2) is 4.79 Å². The first-order chi connectivity index (χ1) is 17.2. The molecule has 0 aromatic heterocycles. The number of nitrogens with one attached hydrogen (secondary N) is 1. The third kappa shape index (κ3) is 11.1. The van der Waals surface area contributed by atoms with Crippen LogP contribution in [0.2, 0.25) is 0 Å². The summed E-state index contributed by atoms with van der Waals surface area (Å²) < 4.78 is 31.7. The lowest BCUT2D eigenvalue weighted by atomic mass is 10.0. The number of amides is 1. The number of carbonyl (C=O) groups excluding carboxylic acids is 2. The molecule has 1 N–H and O–H groups in total. The van der Waals surface area contributed by atoms with Gasteiger partial charge in [-0.3, -0.25) is 9.36 Å². The zero-order chi connectivity index (χ0) is 27.7. The Balaban J connectivity index is 2.45. The van der Waals surface area contributed by atoms with E-state index in [4.69, 9.17) is 14.0 Å². The lowest BCUT2D eigenvalue weighted by Crippen LogP contribution is -2.42. The molecule has 0 radical (unpaired) electrons. The normalized spacial score (nSPS) is 15.2. The molecule has 0 aliphatic carbocycles. The number of ether oxygens (including phenoxy) is 2. The number of hydrogen-bond donors (Lipinski definition) is 1. The Morgan fingerprint density at radius 3 is 1.76 bits per heavy atom. The lowest BCUT2D eigenvalue weighted by molar-refractivity contribution is -0.159. The Kier molecular flexibility index (Phi) is 11.0.